The zero-order valence-electron chi connectivity index (χ0n) is 10.3. The Bertz CT molecular complexity index is 494. The molecule has 0 spiro atoms. The summed E-state index contributed by atoms with van der Waals surface area (Å²) in [7, 11) is -1.77. The minimum absolute atomic E-state index is 0.0731. The van der Waals surface area contributed by atoms with Crippen molar-refractivity contribution in [1.29, 1.82) is 0 Å². The van der Waals surface area contributed by atoms with Crippen molar-refractivity contribution in [2.75, 3.05) is 39.4 Å². The van der Waals surface area contributed by atoms with Gasteiger partial charge in [0.05, 0.1) is 6.33 Å². The standard InChI is InChI=1S/C10H17FN4O2S/c1-13-8-10(12-9-13)18(16,17)15-6-4-14(3-2-11)5-7-15/h8-9H,2-7H2,1H3. The molecular formula is C10H17FN4O2S. The van der Waals surface area contributed by atoms with Crippen LogP contribution in [0.15, 0.2) is 17.6 Å². The fraction of sp³-hybridized carbons (Fsp3) is 0.700. The molecule has 8 heteroatoms. The average Bonchev–Trinajstić information content (AvgIpc) is 2.78. The second kappa shape index (κ2) is 5.33. The van der Waals surface area contributed by atoms with Gasteiger partial charge in [0.25, 0.3) is 10.0 Å². The summed E-state index contributed by atoms with van der Waals surface area (Å²) in [4.78, 5) is 5.80. The number of alkyl halides is 1. The van der Waals surface area contributed by atoms with E-state index in [1.807, 2.05) is 4.90 Å². The Hall–Kier alpha value is -0.990. The molecule has 1 aliphatic rings. The number of hydrogen-bond acceptors (Lipinski definition) is 4. The summed E-state index contributed by atoms with van der Waals surface area (Å²) in [6, 6.07) is 0. The number of piperazine rings is 1. The molecule has 1 fully saturated rings. The van der Waals surface area contributed by atoms with Gasteiger partial charge < -0.3 is 4.57 Å². The van der Waals surface area contributed by atoms with Crippen LogP contribution in [0.3, 0.4) is 0 Å². The Morgan fingerprint density at radius 3 is 2.50 bits per heavy atom. The predicted octanol–water partition coefficient (Wildman–Crippen LogP) is -0.304. The van der Waals surface area contributed by atoms with Crippen molar-refractivity contribution in [3.05, 3.63) is 12.5 Å². The van der Waals surface area contributed by atoms with Gasteiger partial charge in [-0.15, -0.1) is 0 Å². The molecule has 0 atom stereocenters. The molecule has 0 radical (unpaired) electrons. The summed E-state index contributed by atoms with van der Waals surface area (Å²) in [5, 5.41) is 0.0731. The fourth-order valence-electron chi connectivity index (χ4n) is 1.97. The summed E-state index contributed by atoms with van der Waals surface area (Å²) in [6.45, 7) is 1.88. The number of sulfonamides is 1. The predicted molar refractivity (Wildman–Crippen MR) is 64.4 cm³/mol. The normalized spacial score (nSPS) is 19.2. The molecule has 1 aromatic heterocycles. The highest BCUT2D eigenvalue weighted by Crippen LogP contribution is 2.15. The molecule has 2 rings (SSSR count). The van der Waals surface area contributed by atoms with Crippen molar-refractivity contribution in [1.82, 2.24) is 18.8 Å². The minimum atomic E-state index is -3.50. The zero-order valence-corrected chi connectivity index (χ0v) is 11.1. The van der Waals surface area contributed by atoms with Crippen LogP contribution in [0, 0.1) is 0 Å². The van der Waals surface area contributed by atoms with E-state index in [4.69, 9.17) is 0 Å². The van der Waals surface area contributed by atoms with Gasteiger partial charge in [-0.2, -0.15) is 4.31 Å². The van der Waals surface area contributed by atoms with E-state index in [-0.39, 0.29) is 5.03 Å². The zero-order chi connectivity index (χ0) is 13.2. The number of nitrogens with zero attached hydrogens (tertiary/aromatic N) is 4. The molecule has 0 N–H and O–H groups in total. The Morgan fingerprint density at radius 1 is 1.33 bits per heavy atom. The first-order valence-electron chi connectivity index (χ1n) is 5.80. The number of hydrogen-bond donors (Lipinski definition) is 0. The maximum atomic E-state index is 12.2. The lowest BCUT2D eigenvalue weighted by Gasteiger charge is -2.32. The van der Waals surface area contributed by atoms with Gasteiger partial charge in [0.1, 0.15) is 6.67 Å². The maximum Gasteiger partial charge on any atom is 0.262 e. The number of imidazole rings is 1. The second-order valence-electron chi connectivity index (χ2n) is 4.31. The van der Waals surface area contributed by atoms with Crippen LogP contribution < -0.4 is 0 Å². The number of aryl methyl sites for hydroxylation is 1. The summed E-state index contributed by atoms with van der Waals surface area (Å²) in [5.41, 5.74) is 0. The molecular weight excluding hydrogens is 259 g/mol. The van der Waals surface area contributed by atoms with E-state index >= 15 is 0 Å². The molecule has 0 saturated carbocycles. The first-order chi connectivity index (χ1) is 8.54. The van der Waals surface area contributed by atoms with Crippen molar-refractivity contribution in [2.24, 2.45) is 7.05 Å². The van der Waals surface area contributed by atoms with Gasteiger partial charge in [0.15, 0.2) is 5.03 Å². The quantitative estimate of drug-likeness (QED) is 0.757. The Kier molecular flexibility index (Phi) is 3.98. The first-order valence-corrected chi connectivity index (χ1v) is 7.24. The second-order valence-corrected chi connectivity index (χ2v) is 6.20. The first kappa shape index (κ1) is 13.4. The molecule has 1 aromatic rings. The third kappa shape index (κ3) is 2.70. The third-order valence-corrected chi connectivity index (χ3v) is 4.80. The summed E-state index contributed by atoms with van der Waals surface area (Å²) >= 11 is 0. The van der Waals surface area contributed by atoms with Crippen LogP contribution in [0.25, 0.3) is 0 Å². The molecule has 0 amide bonds. The van der Waals surface area contributed by atoms with Gasteiger partial charge >= 0.3 is 0 Å². The van der Waals surface area contributed by atoms with Crippen molar-refractivity contribution in [2.45, 2.75) is 5.03 Å². The van der Waals surface area contributed by atoms with Gasteiger partial charge in [0, 0.05) is 46.0 Å². The average molecular weight is 276 g/mol. The van der Waals surface area contributed by atoms with Gasteiger partial charge in [0.2, 0.25) is 0 Å². The summed E-state index contributed by atoms with van der Waals surface area (Å²) < 4.78 is 39.6. The third-order valence-electron chi connectivity index (χ3n) is 3.02. The largest absolute Gasteiger partial charge is 0.339 e. The van der Waals surface area contributed by atoms with E-state index < -0.39 is 16.7 Å². The van der Waals surface area contributed by atoms with E-state index in [2.05, 4.69) is 4.98 Å². The van der Waals surface area contributed by atoms with Crippen molar-refractivity contribution >= 4 is 10.0 Å². The molecule has 102 valence electrons. The molecule has 2 heterocycles. The molecule has 0 aliphatic carbocycles. The van der Waals surface area contributed by atoms with Crippen molar-refractivity contribution < 1.29 is 12.8 Å². The topological polar surface area (TPSA) is 58.4 Å². The highest BCUT2D eigenvalue weighted by Gasteiger charge is 2.29. The Morgan fingerprint density at radius 2 is 2.00 bits per heavy atom. The van der Waals surface area contributed by atoms with Crippen LogP contribution in [0.5, 0.6) is 0 Å². The van der Waals surface area contributed by atoms with E-state index in [1.54, 1.807) is 11.6 Å². The lowest BCUT2D eigenvalue weighted by Crippen LogP contribution is -2.49. The summed E-state index contributed by atoms with van der Waals surface area (Å²) in [6.07, 6.45) is 2.95. The Labute approximate surface area is 106 Å². The Balaban J connectivity index is 2.05. The van der Waals surface area contributed by atoms with Gasteiger partial charge in [-0.3, -0.25) is 4.90 Å². The molecule has 6 nitrogen and oxygen atoms in total. The van der Waals surface area contributed by atoms with Crippen molar-refractivity contribution in [3.63, 3.8) is 0 Å². The molecule has 0 unspecified atom stereocenters. The van der Waals surface area contributed by atoms with Crippen LogP contribution in [-0.2, 0) is 17.1 Å². The van der Waals surface area contributed by atoms with E-state index in [0.29, 0.717) is 32.7 Å². The molecule has 1 saturated heterocycles. The smallest absolute Gasteiger partial charge is 0.262 e. The molecule has 1 aliphatic heterocycles. The van der Waals surface area contributed by atoms with Gasteiger partial charge in [-0.1, -0.05) is 0 Å². The number of halogens is 1. The minimum Gasteiger partial charge on any atom is -0.339 e. The van der Waals surface area contributed by atoms with E-state index in [1.165, 1.54) is 16.8 Å². The highest BCUT2D eigenvalue weighted by molar-refractivity contribution is 7.89. The van der Waals surface area contributed by atoms with Crippen LogP contribution in [0.2, 0.25) is 0 Å². The van der Waals surface area contributed by atoms with Crippen LogP contribution in [-0.4, -0.2) is 66.6 Å². The summed E-state index contributed by atoms with van der Waals surface area (Å²) in [5.74, 6) is 0. The fourth-order valence-corrected chi connectivity index (χ4v) is 3.36. The van der Waals surface area contributed by atoms with Crippen LogP contribution in [0.4, 0.5) is 4.39 Å². The number of aromatic nitrogens is 2. The van der Waals surface area contributed by atoms with E-state index in [9.17, 15) is 12.8 Å². The molecule has 0 aromatic carbocycles. The lowest BCUT2D eigenvalue weighted by molar-refractivity contribution is 0.176. The monoisotopic (exact) mass is 276 g/mol. The molecule has 18 heavy (non-hydrogen) atoms. The molecule has 0 bridgehead atoms. The lowest BCUT2D eigenvalue weighted by atomic mass is 10.4. The van der Waals surface area contributed by atoms with E-state index in [0.717, 1.165) is 0 Å². The van der Waals surface area contributed by atoms with Gasteiger partial charge in [-0.25, -0.2) is 17.8 Å². The van der Waals surface area contributed by atoms with Crippen molar-refractivity contribution in [3.8, 4) is 0 Å². The van der Waals surface area contributed by atoms with Crippen LogP contribution in [0.1, 0.15) is 0 Å². The maximum absolute atomic E-state index is 12.2. The van der Waals surface area contributed by atoms with Crippen LogP contribution >= 0.6 is 0 Å². The van der Waals surface area contributed by atoms with Gasteiger partial charge in [-0.05, 0) is 0 Å². The highest BCUT2D eigenvalue weighted by atomic mass is 32.2. The number of rotatable bonds is 4. The SMILES string of the molecule is Cn1cnc(S(=O)(=O)N2CCN(CCF)CC2)c1.